The van der Waals surface area contributed by atoms with Crippen molar-refractivity contribution in [2.45, 2.75) is 33.1 Å². The largest absolute Gasteiger partial charge is 0.309 e. The van der Waals surface area contributed by atoms with Gasteiger partial charge in [0.15, 0.2) is 0 Å². The first-order valence-corrected chi connectivity index (χ1v) is 17.6. The smallest absolute Gasteiger partial charge is 0.0540 e. The van der Waals surface area contributed by atoms with E-state index < -0.39 is 0 Å². The average molecular weight is 642 g/mol. The summed E-state index contributed by atoms with van der Waals surface area (Å²) in [4.78, 5) is 2.47. The summed E-state index contributed by atoms with van der Waals surface area (Å²) in [6.45, 7) is 9.13. The van der Waals surface area contributed by atoms with E-state index in [-0.39, 0.29) is 5.41 Å². The average Bonchev–Trinajstić information content (AvgIpc) is 3.39. The van der Waals surface area contributed by atoms with E-state index in [1.165, 1.54) is 88.6 Å². The molecule has 1 heteroatoms. The summed E-state index contributed by atoms with van der Waals surface area (Å²) >= 11 is 0. The Hall–Kier alpha value is -5.92. The van der Waals surface area contributed by atoms with Crippen LogP contribution >= 0.6 is 0 Å². The maximum absolute atomic E-state index is 2.47. The molecule has 1 aliphatic rings. The molecule has 50 heavy (non-hydrogen) atoms. The van der Waals surface area contributed by atoms with Crippen LogP contribution in [0.2, 0.25) is 0 Å². The molecule has 0 fully saturated rings. The van der Waals surface area contributed by atoms with Crippen molar-refractivity contribution in [2.24, 2.45) is 0 Å². The van der Waals surface area contributed by atoms with Crippen molar-refractivity contribution in [3.63, 3.8) is 0 Å². The number of hydrogen-bond acceptors (Lipinski definition) is 1. The fraction of sp³-hybridized carbons (Fsp3) is 0.102. The monoisotopic (exact) mass is 641 g/mol. The second-order valence-electron chi connectivity index (χ2n) is 14.3. The van der Waals surface area contributed by atoms with Gasteiger partial charge < -0.3 is 4.90 Å². The summed E-state index contributed by atoms with van der Waals surface area (Å²) in [6, 6.07) is 60.6. The van der Waals surface area contributed by atoms with E-state index in [9.17, 15) is 0 Å². The molecule has 0 bridgehead atoms. The Morgan fingerprint density at radius 2 is 0.920 bits per heavy atom. The third-order valence-corrected chi connectivity index (χ3v) is 11.0. The SMILES string of the molecule is Cc1ccc(N(c2ccc(-c3ccc4c(c3)C(C)(C)c3ccccc3-4)c(-c3ccccc3)c2)c2ccc(C)c3ccccc23)c2ccccc12. The van der Waals surface area contributed by atoms with Crippen molar-refractivity contribution in [3.8, 4) is 33.4 Å². The molecule has 0 N–H and O–H groups in total. The number of aryl methyl sites for hydroxylation is 2. The van der Waals surface area contributed by atoms with E-state index in [1.807, 2.05) is 0 Å². The lowest BCUT2D eigenvalue weighted by Gasteiger charge is -2.30. The highest BCUT2D eigenvalue weighted by Gasteiger charge is 2.35. The first kappa shape index (κ1) is 30.2. The first-order valence-electron chi connectivity index (χ1n) is 17.6. The Labute approximate surface area is 295 Å². The Bertz CT molecular complexity index is 2510. The zero-order valence-corrected chi connectivity index (χ0v) is 29.0. The van der Waals surface area contributed by atoms with Gasteiger partial charge in [-0.3, -0.25) is 0 Å². The summed E-state index contributed by atoms with van der Waals surface area (Å²) in [5.41, 5.74) is 16.3. The van der Waals surface area contributed by atoms with Crippen LogP contribution in [0, 0.1) is 13.8 Å². The van der Waals surface area contributed by atoms with Crippen molar-refractivity contribution in [1.29, 1.82) is 0 Å². The minimum atomic E-state index is -0.0649. The van der Waals surface area contributed by atoms with Gasteiger partial charge in [0.05, 0.1) is 11.4 Å². The van der Waals surface area contributed by atoms with Crippen LogP contribution in [0.4, 0.5) is 17.1 Å². The predicted molar refractivity (Wildman–Crippen MR) is 214 cm³/mol. The van der Waals surface area contributed by atoms with Gasteiger partial charge in [0.1, 0.15) is 0 Å². The molecule has 1 nitrogen and oxygen atoms in total. The second-order valence-corrected chi connectivity index (χ2v) is 14.3. The van der Waals surface area contributed by atoms with Gasteiger partial charge in [0, 0.05) is 21.9 Å². The van der Waals surface area contributed by atoms with E-state index in [2.05, 4.69) is 196 Å². The lowest BCUT2D eigenvalue weighted by molar-refractivity contribution is 0.660. The van der Waals surface area contributed by atoms with Crippen molar-refractivity contribution in [3.05, 3.63) is 186 Å². The van der Waals surface area contributed by atoms with E-state index in [1.54, 1.807) is 0 Å². The van der Waals surface area contributed by atoms with Gasteiger partial charge in [-0.2, -0.15) is 0 Å². The molecule has 9 rings (SSSR count). The molecule has 0 heterocycles. The highest BCUT2D eigenvalue weighted by molar-refractivity contribution is 6.06. The van der Waals surface area contributed by atoms with Gasteiger partial charge in [0.25, 0.3) is 0 Å². The van der Waals surface area contributed by atoms with Crippen LogP contribution in [0.1, 0.15) is 36.1 Å². The molecule has 8 aromatic rings. The van der Waals surface area contributed by atoms with Gasteiger partial charge in [-0.1, -0.05) is 147 Å². The Kier molecular flexibility index (Phi) is 7.00. The summed E-state index contributed by atoms with van der Waals surface area (Å²) in [5, 5.41) is 5.02. The minimum Gasteiger partial charge on any atom is -0.309 e. The van der Waals surface area contributed by atoms with Gasteiger partial charge in [-0.15, -0.1) is 0 Å². The van der Waals surface area contributed by atoms with Crippen molar-refractivity contribution < 1.29 is 0 Å². The summed E-state index contributed by atoms with van der Waals surface area (Å²) in [5.74, 6) is 0. The number of benzene rings is 8. The molecule has 0 spiro atoms. The molecular formula is C49H39N. The van der Waals surface area contributed by atoms with E-state index >= 15 is 0 Å². The van der Waals surface area contributed by atoms with E-state index in [0.717, 1.165) is 5.69 Å². The maximum Gasteiger partial charge on any atom is 0.0540 e. The van der Waals surface area contributed by atoms with Crippen LogP contribution in [-0.4, -0.2) is 0 Å². The first-order chi connectivity index (χ1) is 24.4. The van der Waals surface area contributed by atoms with E-state index in [4.69, 9.17) is 0 Å². The standard InChI is InChI=1S/C49H39N/c1-32-22-28-47(42-19-10-8-16-37(32)42)50(48-29-23-33(2)38-17-9-11-20-43(38)48)36-25-27-39(44(31-36)34-14-6-5-7-15-34)35-24-26-41-40-18-12-13-21-45(40)49(3,4)46(41)30-35/h5-31H,1-4H3. The zero-order chi connectivity index (χ0) is 34.0. The maximum atomic E-state index is 2.47. The van der Waals surface area contributed by atoms with E-state index in [0.29, 0.717) is 0 Å². The molecule has 0 aromatic heterocycles. The Morgan fingerprint density at radius 3 is 1.58 bits per heavy atom. The highest BCUT2D eigenvalue weighted by Crippen LogP contribution is 2.51. The number of anilines is 3. The molecule has 0 atom stereocenters. The molecule has 0 saturated heterocycles. The van der Waals surface area contributed by atoms with Gasteiger partial charge in [0.2, 0.25) is 0 Å². The lowest BCUT2D eigenvalue weighted by Crippen LogP contribution is -2.15. The van der Waals surface area contributed by atoms with Crippen LogP contribution in [-0.2, 0) is 5.41 Å². The fourth-order valence-electron chi connectivity index (χ4n) is 8.32. The molecule has 0 saturated carbocycles. The van der Waals surface area contributed by atoms with Crippen LogP contribution in [0.5, 0.6) is 0 Å². The van der Waals surface area contributed by atoms with Gasteiger partial charge in [-0.25, -0.2) is 0 Å². The number of rotatable bonds is 5. The third kappa shape index (κ3) is 4.69. The third-order valence-electron chi connectivity index (χ3n) is 11.0. The van der Waals surface area contributed by atoms with Crippen LogP contribution < -0.4 is 4.90 Å². The molecular weight excluding hydrogens is 603 g/mol. The van der Waals surface area contributed by atoms with Crippen molar-refractivity contribution >= 4 is 38.6 Å². The van der Waals surface area contributed by atoms with Crippen molar-refractivity contribution in [2.75, 3.05) is 4.90 Å². The second kappa shape index (κ2) is 11.6. The lowest BCUT2D eigenvalue weighted by atomic mass is 9.81. The number of hydrogen-bond donors (Lipinski definition) is 0. The van der Waals surface area contributed by atoms with Crippen LogP contribution in [0.15, 0.2) is 164 Å². The Morgan fingerprint density at radius 1 is 0.380 bits per heavy atom. The summed E-state index contributed by atoms with van der Waals surface area (Å²) in [6.07, 6.45) is 0. The Balaban J connectivity index is 1.30. The van der Waals surface area contributed by atoms with Gasteiger partial charge in [-0.05, 0) is 111 Å². The van der Waals surface area contributed by atoms with Crippen LogP contribution in [0.3, 0.4) is 0 Å². The van der Waals surface area contributed by atoms with Crippen molar-refractivity contribution in [1.82, 2.24) is 0 Å². The number of fused-ring (bicyclic) bond motifs is 5. The molecule has 0 radical (unpaired) electrons. The molecule has 1 aliphatic carbocycles. The fourth-order valence-corrected chi connectivity index (χ4v) is 8.32. The topological polar surface area (TPSA) is 3.24 Å². The molecule has 0 aliphatic heterocycles. The highest BCUT2D eigenvalue weighted by atomic mass is 15.1. The quantitative estimate of drug-likeness (QED) is 0.181. The summed E-state index contributed by atoms with van der Waals surface area (Å²) < 4.78 is 0. The van der Waals surface area contributed by atoms with Gasteiger partial charge >= 0.3 is 0 Å². The number of nitrogens with zero attached hydrogens (tertiary/aromatic N) is 1. The zero-order valence-electron chi connectivity index (χ0n) is 29.0. The molecule has 240 valence electrons. The minimum absolute atomic E-state index is 0.0649. The molecule has 0 unspecified atom stereocenters. The summed E-state index contributed by atoms with van der Waals surface area (Å²) in [7, 11) is 0. The normalized spacial score (nSPS) is 13.0. The molecule has 8 aromatic carbocycles. The molecule has 0 amide bonds. The predicted octanol–water partition coefficient (Wildman–Crippen LogP) is 13.7. The van der Waals surface area contributed by atoms with Crippen LogP contribution in [0.25, 0.3) is 54.9 Å².